The summed E-state index contributed by atoms with van der Waals surface area (Å²) in [6.07, 6.45) is 1.82. The van der Waals surface area contributed by atoms with Crippen molar-refractivity contribution in [3.8, 4) is 0 Å². The molecule has 0 aliphatic heterocycles. The van der Waals surface area contributed by atoms with Crippen molar-refractivity contribution in [1.82, 2.24) is 10.3 Å². The molecule has 0 saturated heterocycles. The summed E-state index contributed by atoms with van der Waals surface area (Å²) in [4.78, 5) is 4.34. The van der Waals surface area contributed by atoms with E-state index in [-0.39, 0.29) is 6.04 Å². The van der Waals surface area contributed by atoms with Crippen LogP contribution in [0.5, 0.6) is 0 Å². The Morgan fingerprint density at radius 1 is 1.10 bits per heavy atom. The lowest BCUT2D eigenvalue weighted by Crippen LogP contribution is -2.18. The SMILES string of the molecule is C[C@@H](NCc1ccc2ncccc2c1)c1ccccc1Cl. The van der Waals surface area contributed by atoms with Crippen LogP contribution in [0.25, 0.3) is 10.9 Å². The van der Waals surface area contributed by atoms with Gasteiger partial charge in [-0.25, -0.2) is 0 Å². The van der Waals surface area contributed by atoms with Crippen molar-refractivity contribution >= 4 is 22.5 Å². The summed E-state index contributed by atoms with van der Waals surface area (Å²) in [5.74, 6) is 0. The van der Waals surface area contributed by atoms with Gasteiger partial charge in [0.2, 0.25) is 0 Å². The Balaban J connectivity index is 1.73. The fourth-order valence-corrected chi connectivity index (χ4v) is 2.74. The molecular formula is C18H17ClN2. The summed E-state index contributed by atoms with van der Waals surface area (Å²) in [5, 5.41) is 5.49. The highest BCUT2D eigenvalue weighted by Crippen LogP contribution is 2.22. The number of aromatic nitrogens is 1. The monoisotopic (exact) mass is 296 g/mol. The largest absolute Gasteiger partial charge is 0.306 e. The van der Waals surface area contributed by atoms with Crippen LogP contribution in [-0.4, -0.2) is 4.98 Å². The second kappa shape index (κ2) is 6.25. The fourth-order valence-electron chi connectivity index (χ4n) is 2.44. The van der Waals surface area contributed by atoms with Crippen LogP contribution in [0.4, 0.5) is 0 Å². The molecule has 106 valence electrons. The number of pyridine rings is 1. The number of nitrogens with zero attached hydrogens (tertiary/aromatic N) is 1. The molecule has 0 unspecified atom stereocenters. The number of benzene rings is 2. The van der Waals surface area contributed by atoms with Gasteiger partial charge in [-0.1, -0.05) is 41.9 Å². The van der Waals surface area contributed by atoms with Crippen LogP contribution >= 0.6 is 11.6 Å². The van der Waals surface area contributed by atoms with Gasteiger partial charge in [0, 0.05) is 29.2 Å². The van der Waals surface area contributed by atoms with Gasteiger partial charge >= 0.3 is 0 Å². The standard InChI is InChI=1S/C18H17ClN2/c1-13(16-6-2-3-7-17(16)19)21-12-14-8-9-18-15(11-14)5-4-10-20-18/h2-11,13,21H,12H2,1H3/t13-/m1/s1. The predicted octanol–water partition coefficient (Wildman–Crippen LogP) is 4.74. The molecule has 3 aromatic rings. The van der Waals surface area contributed by atoms with Gasteiger partial charge in [-0.05, 0) is 42.3 Å². The summed E-state index contributed by atoms with van der Waals surface area (Å²) in [7, 11) is 0. The zero-order valence-electron chi connectivity index (χ0n) is 11.9. The quantitative estimate of drug-likeness (QED) is 0.752. The van der Waals surface area contributed by atoms with Crippen LogP contribution in [0.15, 0.2) is 60.8 Å². The molecule has 1 aromatic heterocycles. The highest BCUT2D eigenvalue weighted by atomic mass is 35.5. The molecule has 2 aromatic carbocycles. The molecule has 1 N–H and O–H groups in total. The number of nitrogens with one attached hydrogen (secondary N) is 1. The molecule has 0 spiro atoms. The van der Waals surface area contributed by atoms with E-state index in [0.29, 0.717) is 0 Å². The third-order valence-electron chi connectivity index (χ3n) is 3.65. The van der Waals surface area contributed by atoms with E-state index in [2.05, 4.69) is 47.6 Å². The third kappa shape index (κ3) is 3.23. The molecule has 21 heavy (non-hydrogen) atoms. The Morgan fingerprint density at radius 2 is 1.95 bits per heavy atom. The molecule has 0 radical (unpaired) electrons. The number of fused-ring (bicyclic) bond motifs is 1. The predicted molar refractivity (Wildman–Crippen MR) is 88.4 cm³/mol. The summed E-state index contributed by atoms with van der Waals surface area (Å²) in [5.41, 5.74) is 3.40. The van der Waals surface area contributed by atoms with Crippen LogP contribution in [-0.2, 0) is 6.54 Å². The normalized spacial score (nSPS) is 12.5. The van der Waals surface area contributed by atoms with Crippen molar-refractivity contribution in [2.45, 2.75) is 19.5 Å². The summed E-state index contributed by atoms with van der Waals surface area (Å²) in [6, 6.07) is 18.6. The molecule has 0 saturated carbocycles. The number of hydrogen-bond donors (Lipinski definition) is 1. The molecule has 0 aliphatic carbocycles. The highest BCUT2D eigenvalue weighted by molar-refractivity contribution is 6.31. The van der Waals surface area contributed by atoms with Crippen molar-refractivity contribution in [1.29, 1.82) is 0 Å². The van der Waals surface area contributed by atoms with Gasteiger partial charge in [-0.2, -0.15) is 0 Å². The lowest BCUT2D eigenvalue weighted by atomic mass is 10.1. The van der Waals surface area contributed by atoms with E-state index in [0.717, 1.165) is 22.6 Å². The Bertz CT molecular complexity index is 755. The van der Waals surface area contributed by atoms with E-state index >= 15 is 0 Å². The molecule has 0 fully saturated rings. The first-order chi connectivity index (χ1) is 10.2. The van der Waals surface area contributed by atoms with Crippen molar-refractivity contribution in [2.75, 3.05) is 0 Å². The van der Waals surface area contributed by atoms with E-state index in [1.54, 1.807) is 0 Å². The molecule has 3 heteroatoms. The lowest BCUT2D eigenvalue weighted by Gasteiger charge is -2.16. The van der Waals surface area contributed by atoms with Crippen LogP contribution in [0.1, 0.15) is 24.1 Å². The maximum Gasteiger partial charge on any atom is 0.0702 e. The Kier molecular flexibility index (Phi) is 4.18. The number of hydrogen-bond acceptors (Lipinski definition) is 2. The molecule has 1 heterocycles. The van der Waals surface area contributed by atoms with Gasteiger partial charge in [-0.15, -0.1) is 0 Å². The average Bonchev–Trinajstić information content (AvgIpc) is 2.53. The second-order valence-electron chi connectivity index (χ2n) is 5.15. The first kappa shape index (κ1) is 14.1. The third-order valence-corrected chi connectivity index (χ3v) is 4.00. The van der Waals surface area contributed by atoms with E-state index in [4.69, 9.17) is 11.6 Å². The minimum absolute atomic E-state index is 0.211. The number of halogens is 1. The molecule has 2 nitrogen and oxygen atoms in total. The van der Waals surface area contributed by atoms with Crippen molar-refractivity contribution in [2.24, 2.45) is 0 Å². The Morgan fingerprint density at radius 3 is 2.81 bits per heavy atom. The van der Waals surface area contributed by atoms with Gasteiger partial charge < -0.3 is 5.32 Å². The molecule has 0 aliphatic rings. The van der Waals surface area contributed by atoms with Crippen molar-refractivity contribution in [3.63, 3.8) is 0 Å². The minimum Gasteiger partial charge on any atom is -0.306 e. The summed E-state index contributed by atoms with van der Waals surface area (Å²) >= 11 is 6.23. The second-order valence-corrected chi connectivity index (χ2v) is 5.56. The van der Waals surface area contributed by atoms with Crippen molar-refractivity contribution < 1.29 is 0 Å². The number of rotatable bonds is 4. The highest BCUT2D eigenvalue weighted by Gasteiger charge is 2.08. The van der Waals surface area contributed by atoms with E-state index < -0.39 is 0 Å². The van der Waals surface area contributed by atoms with E-state index in [9.17, 15) is 0 Å². The smallest absolute Gasteiger partial charge is 0.0702 e. The molecule has 1 atom stereocenters. The van der Waals surface area contributed by atoms with Crippen LogP contribution in [0.3, 0.4) is 0 Å². The van der Waals surface area contributed by atoms with Gasteiger partial charge in [0.15, 0.2) is 0 Å². The van der Waals surface area contributed by atoms with Crippen LogP contribution in [0, 0.1) is 0 Å². The molecule has 0 bridgehead atoms. The van der Waals surface area contributed by atoms with Gasteiger partial charge in [0.25, 0.3) is 0 Å². The fraction of sp³-hybridized carbons (Fsp3) is 0.167. The van der Waals surface area contributed by atoms with Crippen molar-refractivity contribution in [3.05, 3.63) is 76.9 Å². The lowest BCUT2D eigenvalue weighted by molar-refractivity contribution is 0.575. The van der Waals surface area contributed by atoms with Gasteiger partial charge in [0.1, 0.15) is 0 Å². The molecule has 0 amide bonds. The Hall–Kier alpha value is -1.90. The summed E-state index contributed by atoms with van der Waals surface area (Å²) in [6.45, 7) is 2.93. The molecular weight excluding hydrogens is 280 g/mol. The van der Waals surface area contributed by atoms with E-state index in [1.165, 1.54) is 10.9 Å². The maximum atomic E-state index is 6.23. The summed E-state index contributed by atoms with van der Waals surface area (Å²) < 4.78 is 0. The Labute approximate surface area is 129 Å². The average molecular weight is 297 g/mol. The zero-order valence-corrected chi connectivity index (χ0v) is 12.6. The molecule has 3 rings (SSSR count). The minimum atomic E-state index is 0.211. The van der Waals surface area contributed by atoms with Gasteiger partial charge in [0.05, 0.1) is 5.52 Å². The van der Waals surface area contributed by atoms with Gasteiger partial charge in [-0.3, -0.25) is 4.98 Å². The maximum absolute atomic E-state index is 6.23. The van der Waals surface area contributed by atoms with Crippen LogP contribution in [0.2, 0.25) is 5.02 Å². The topological polar surface area (TPSA) is 24.9 Å². The zero-order chi connectivity index (χ0) is 14.7. The van der Waals surface area contributed by atoms with Crippen LogP contribution < -0.4 is 5.32 Å². The first-order valence-electron chi connectivity index (χ1n) is 7.05. The first-order valence-corrected chi connectivity index (χ1v) is 7.43. The van der Waals surface area contributed by atoms with E-state index in [1.807, 2.05) is 30.5 Å².